The molecule has 2 rings (SSSR count). The molecule has 0 unspecified atom stereocenters. The Morgan fingerprint density at radius 2 is 1.72 bits per heavy atom. The van der Waals surface area contributed by atoms with Crippen LogP contribution in [0.3, 0.4) is 0 Å². The molecule has 1 aromatic carbocycles. The average molecular weight is 239 g/mol. The van der Waals surface area contributed by atoms with Crippen LogP contribution in [0.15, 0.2) is 29.1 Å². The highest BCUT2D eigenvalue weighted by molar-refractivity contribution is 5.40. The van der Waals surface area contributed by atoms with Gasteiger partial charge in [-0.2, -0.15) is 15.0 Å². The summed E-state index contributed by atoms with van der Waals surface area (Å²) in [6, 6.07) is 9.11. The van der Waals surface area contributed by atoms with Crippen molar-refractivity contribution in [3.8, 4) is 11.8 Å². The van der Waals surface area contributed by atoms with Crippen LogP contribution in [0.2, 0.25) is 0 Å². The van der Waals surface area contributed by atoms with E-state index in [0.717, 1.165) is 16.8 Å². The fourth-order valence-corrected chi connectivity index (χ4v) is 1.91. The average Bonchev–Trinajstić information content (AvgIpc) is 2.30. The molecule has 0 aliphatic heterocycles. The van der Waals surface area contributed by atoms with E-state index in [4.69, 9.17) is 5.26 Å². The molecule has 90 valence electrons. The first-order valence-corrected chi connectivity index (χ1v) is 5.61. The van der Waals surface area contributed by atoms with E-state index in [-0.39, 0.29) is 5.56 Å². The second kappa shape index (κ2) is 4.46. The maximum absolute atomic E-state index is 11.9. The normalized spacial score (nSPS) is 10.1. The van der Waals surface area contributed by atoms with Gasteiger partial charge in [-0.05, 0) is 44.0 Å². The quantitative estimate of drug-likeness (QED) is 0.765. The Morgan fingerprint density at radius 1 is 1.11 bits per heavy atom. The van der Waals surface area contributed by atoms with Gasteiger partial charge >= 0.3 is 0 Å². The van der Waals surface area contributed by atoms with Gasteiger partial charge in [0.1, 0.15) is 6.07 Å². The van der Waals surface area contributed by atoms with Gasteiger partial charge in [-0.25, -0.2) is 0 Å². The third kappa shape index (κ3) is 2.16. The van der Waals surface area contributed by atoms with Crippen LogP contribution in [-0.4, -0.2) is 9.78 Å². The molecule has 0 spiro atoms. The molecule has 0 fully saturated rings. The monoisotopic (exact) mass is 239 g/mol. The molecule has 0 N–H and O–H groups in total. The van der Waals surface area contributed by atoms with E-state index in [1.807, 2.05) is 38.1 Å². The first-order valence-electron chi connectivity index (χ1n) is 5.61. The zero-order chi connectivity index (χ0) is 13.3. The molecule has 0 amide bonds. The molecule has 2 aromatic rings. The van der Waals surface area contributed by atoms with E-state index in [2.05, 4.69) is 5.10 Å². The molecule has 0 saturated heterocycles. The number of benzene rings is 1. The molecule has 1 aromatic heterocycles. The van der Waals surface area contributed by atoms with Crippen molar-refractivity contribution in [2.24, 2.45) is 0 Å². The predicted molar refractivity (Wildman–Crippen MR) is 68.8 cm³/mol. The van der Waals surface area contributed by atoms with Gasteiger partial charge in [0.25, 0.3) is 5.56 Å². The highest BCUT2D eigenvalue weighted by Gasteiger charge is 2.07. The summed E-state index contributed by atoms with van der Waals surface area (Å²) in [5.74, 6) is 0. The third-order valence-electron chi connectivity index (χ3n) is 2.69. The van der Waals surface area contributed by atoms with Crippen molar-refractivity contribution < 1.29 is 0 Å². The van der Waals surface area contributed by atoms with Crippen molar-refractivity contribution in [3.05, 3.63) is 57.0 Å². The Bertz CT molecular complexity index is 688. The standard InChI is InChI=1S/C14H13N3O/c1-9-4-10(2)6-13(5-9)17-14(18)7-12(8-15)11(3)16-17/h4-7H,1-3H3. The highest BCUT2D eigenvalue weighted by atomic mass is 16.1. The van der Waals surface area contributed by atoms with Crippen LogP contribution in [0.4, 0.5) is 0 Å². The Morgan fingerprint density at radius 3 is 2.28 bits per heavy atom. The van der Waals surface area contributed by atoms with Crippen molar-refractivity contribution in [2.45, 2.75) is 20.8 Å². The van der Waals surface area contributed by atoms with Crippen LogP contribution in [0.5, 0.6) is 0 Å². The van der Waals surface area contributed by atoms with Gasteiger partial charge in [0.2, 0.25) is 0 Å². The van der Waals surface area contributed by atoms with Crippen molar-refractivity contribution >= 4 is 0 Å². The molecule has 18 heavy (non-hydrogen) atoms. The molecule has 0 radical (unpaired) electrons. The summed E-state index contributed by atoms with van der Waals surface area (Å²) in [5.41, 5.74) is 3.45. The molecule has 4 heteroatoms. The fourth-order valence-electron chi connectivity index (χ4n) is 1.91. The van der Waals surface area contributed by atoms with Gasteiger partial charge in [0.05, 0.1) is 16.9 Å². The molecule has 0 aliphatic rings. The van der Waals surface area contributed by atoms with Gasteiger partial charge in [-0.3, -0.25) is 4.79 Å². The van der Waals surface area contributed by atoms with E-state index < -0.39 is 0 Å². The Kier molecular flexibility index (Phi) is 2.99. The van der Waals surface area contributed by atoms with Gasteiger partial charge in [-0.15, -0.1) is 0 Å². The molecule has 0 saturated carbocycles. The lowest BCUT2D eigenvalue weighted by atomic mass is 10.1. The van der Waals surface area contributed by atoms with E-state index in [9.17, 15) is 4.79 Å². The van der Waals surface area contributed by atoms with Gasteiger partial charge in [0, 0.05) is 6.07 Å². The molecule has 0 bridgehead atoms. The highest BCUT2D eigenvalue weighted by Crippen LogP contribution is 2.11. The van der Waals surface area contributed by atoms with Gasteiger partial charge in [-0.1, -0.05) is 6.07 Å². The Hall–Kier alpha value is -2.41. The number of nitrogens with zero attached hydrogens (tertiary/aromatic N) is 3. The minimum absolute atomic E-state index is 0.290. The Labute approximate surface area is 105 Å². The third-order valence-corrected chi connectivity index (χ3v) is 2.69. The molecular formula is C14H13N3O. The maximum atomic E-state index is 11.9. The lowest BCUT2D eigenvalue weighted by molar-refractivity contribution is 0.780. The second-order valence-electron chi connectivity index (χ2n) is 4.35. The summed E-state index contributed by atoms with van der Waals surface area (Å²) < 4.78 is 1.33. The van der Waals surface area contributed by atoms with Crippen LogP contribution in [0.1, 0.15) is 22.4 Å². The largest absolute Gasteiger partial charge is 0.272 e. The van der Waals surface area contributed by atoms with E-state index in [1.54, 1.807) is 6.92 Å². The van der Waals surface area contributed by atoms with Crippen LogP contribution in [0, 0.1) is 32.1 Å². The zero-order valence-electron chi connectivity index (χ0n) is 10.6. The van der Waals surface area contributed by atoms with Crippen LogP contribution in [0.25, 0.3) is 5.69 Å². The van der Waals surface area contributed by atoms with E-state index in [0.29, 0.717) is 11.3 Å². The van der Waals surface area contributed by atoms with E-state index >= 15 is 0 Å². The molecular weight excluding hydrogens is 226 g/mol. The lowest BCUT2D eigenvalue weighted by Gasteiger charge is -2.08. The first-order chi connectivity index (χ1) is 8.51. The number of hydrogen-bond acceptors (Lipinski definition) is 3. The number of aromatic nitrogens is 2. The van der Waals surface area contributed by atoms with Gasteiger partial charge < -0.3 is 0 Å². The van der Waals surface area contributed by atoms with E-state index in [1.165, 1.54) is 10.7 Å². The SMILES string of the molecule is Cc1cc(C)cc(-n2nc(C)c(C#N)cc2=O)c1. The lowest BCUT2D eigenvalue weighted by Crippen LogP contribution is -2.22. The fraction of sp³-hybridized carbons (Fsp3) is 0.214. The number of hydrogen-bond donors (Lipinski definition) is 0. The van der Waals surface area contributed by atoms with Crippen LogP contribution >= 0.6 is 0 Å². The minimum atomic E-state index is -0.290. The topological polar surface area (TPSA) is 58.7 Å². The van der Waals surface area contributed by atoms with Gasteiger partial charge in [0.15, 0.2) is 0 Å². The second-order valence-corrected chi connectivity index (χ2v) is 4.35. The summed E-state index contributed by atoms with van der Waals surface area (Å²) in [5, 5.41) is 13.0. The zero-order valence-corrected chi connectivity index (χ0v) is 10.6. The molecule has 1 heterocycles. The predicted octanol–water partition coefficient (Wildman–Crippen LogP) is 2.03. The summed E-state index contributed by atoms with van der Waals surface area (Å²) in [6.07, 6.45) is 0. The van der Waals surface area contributed by atoms with Crippen molar-refractivity contribution in [3.63, 3.8) is 0 Å². The smallest absolute Gasteiger partial charge is 0.267 e. The first kappa shape index (κ1) is 12.1. The summed E-state index contributed by atoms with van der Waals surface area (Å²) in [4.78, 5) is 11.9. The summed E-state index contributed by atoms with van der Waals surface area (Å²) >= 11 is 0. The summed E-state index contributed by atoms with van der Waals surface area (Å²) in [6.45, 7) is 5.66. The molecule has 0 aliphatic carbocycles. The number of aryl methyl sites for hydroxylation is 3. The van der Waals surface area contributed by atoms with Crippen LogP contribution < -0.4 is 5.56 Å². The maximum Gasteiger partial charge on any atom is 0.272 e. The van der Waals surface area contributed by atoms with Crippen molar-refractivity contribution in [1.29, 1.82) is 5.26 Å². The molecule has 4 nitrogen and oxygen atoms in total. The Balaban J connectivity index is 2.69. The van der Waals surface area contributed by atoms with Crippen LogP contribution in [-0.2, 0) is 0 Å². The summed E-state index contributed by atoms with van der Waals surface area (Å²) in [7, 11) is 0. The van der Waals surface area contributed by atoms with Crippen molar-refractivity contribution in [2.75, 3.05) is 0 Å². The number of rotatable bonds is 1. The number of nitriles is 1. The van der Waals surface area contributed by atoms with Crippen molar-refractivity contribution in [1.82, 2.24) is 9.78 Å². The molecule has 0 atom stereocenters. The minimum Gasteiger partial charge on any atom is -0.267 e.